The zero-order valence-electron chi connectivity index (χ0n) is 5.03. The van der Waals surface area contributed by atoms with Gasteiger partial charge in [-0.25, -0.2) is 8.78 Å². The summed E-state index contributed by atoms with van der Waals surface area (Å²) in [4.78, 5) is 0. The summed E-state index contributed by atoms with van der Waals surface area (Å²) in [6.07, 6.45) is 0.755. The minimum Gasteiger partial charge on any atom is -0.313 e. The number of rotatable bonds is 0. The van der Waals surface area contributed by atoms with E-state index in [4.69, 9.17) is 0 Å². The van der Waals surface area contributed by atoms with Crippen LogP contribution in [-0.4, -0.2) is 18.5 Å². The van der Waals surface area contributed by atoms with Crippen LogP contribution in [0, 0.1) is 5.92 Å². The molecule has 2 rings (SSSR count). The SMILES string of the molecule is FC1(F)CC2CC1CN2. The molecule has 0 radical (unpaired) electrons. The van der Waals surface area contributed by atoms with Crippen LogP contribution in [0.3, 0.4) is 0 Å². The van der Waals surface area contributed by atoms with Gasteiger partial charge in [0.05, 0.1) is 0 Å². The van der Waals surface area contributed by atoms with E-state index in [0.717, 1.165) is 0 Å². The number of hydrogen-bond acceptors (Lipinski definition) is 1. The normalized spacial score (nSPS) is 46.0. The van der Waals surface area contributed by atoms with Crippen molar-refractivity contribution in [2.45, 2.75) is 24.8 Å². The Morgan fingerprint density at radius 1 is 1.44 bits per heavy atom. The molecular formula is C6H9F2N. The number of nitrogens with one attached hydrogen (secondary N) is 1. The number of hydrogen-bond donors (Lipinski definition) is 1. The molecule has 2 aliphatic rings. The second-order valence-electron chi connectivity index (χ2n) is 3.00. The highest BCUT2D eigenvalue weighted by atomic mass is 19.3. The Kier molecular flexibility index (Phi) is 0.903. The lowest BCUT2D eigenvalue weighted by Gasteiger charge is -2.21. The molecule has 3 heteroatoms. The van der Waals surface area contributed by atoms with Gasteiger partial charge in [0.15, 0.2) is 0 Å². The molecule has 0 amide bonds. The van der Waals surface area contributed by atoms with Crippen LogP contribution in [0.1, 0.15) is 12.8 Å². The lowest BCUT2D eigenvalue weighted by atomic mass is 10.1. The molecule has 52 valence electrons. The van der Waals surface area contributed by atoms with Gasteiger partial charge in [-0.1, -0.05) is 0 Å². The van der Waals surface area contributed by atoms with Crippen molar-refractivity contribution in [1.82, 2.24) is 5.32 Å². The van der Waals surface area contributed by atoms with Crippen LogP contribution in [-0.2, 0) is 0 Å². The molecule has 1 heterocycles. The van der Waals surface area contributed by atoms with Crippen molar-refractivity contribution in [3.63, 3.8) is 0 Å². The fourth-order valence-corrected chi connectivity index (χ4v) is 1.79. The van der Waals surface area contributed by atoms with Crippen molar-refractivity contribution in [2.75, 3.05) is 6.54 Å². The second-order valence-corrected chi connectivity index (χ2v) is 3.00. The minimum absolute atomic E-state index is 0.0671. The van der Waals surface area contributed by atoms with Gasteiger partial charge in [-0.05, 0) is 6.42 Å². The Hall–Kier alpha value is -0.180. The van der Waals surface area contributed by atoms with Crippen LogP contribution >= 0.6 is 0 Å². The summed E-state index contributed by atoms with van der Waals surface area (Å²) < 4.78 is 25.2. The lowest BCUT2D eigenvalue weighted by Crippen LogP contribution is -2.36. The Morgan fingerprint density at radius 2 is 2.22 bits per heavy atom. The minimum atomic E-state index is -2.35. The average Bonchev–Trinajstić information content (AvgIpc) is 2.19. The highest BCUT2D eigenvalue weighted by molar-refractivity contribution is 4.99. The van der Waals surface area contributed by atoms with Gasteiger partial charge in [-0.15, -0.1) is 0 Å². The van der Waals surface area contributed by atoms with Gasteiger partial charge in [-0.3, -0.25) is 0 Å². The van der Waals surface area contributed by atoms with Gasteiger partial charge in [0.2, 0.25) is 0 Å². The van der Waals surface area contributed by atoms with Crippen LogP contribution in [0.15, 0.2) is 0 Å². The quantitative estimate of drug-likeness (QED) is 0.520. The summed E-state index contributed by atoms with van der Waals surface area (Å²) in [6, 6.07) is 0.116. The van der Waals surface area contributed by atoms with Crippen molar-refractivity contribution >= 4 is 0 Å². The monoisotopic (exact) mass is 133 g/mol. The van der Waals surface area contributed by atoms with Gasteiger partial charge in [0, 0.05) is 24.9 Å². The van der Waals surface area contributed by atoms with Crippen molar-refractivity contribution in [2.24, 2.45) is 5.92 Å². The Labute approximate surface area is 52.4 Å². The molecule has 2 atom stereocenters. The molecule has 1 N–H and O–H groups in total. The van der Waals surface area contributed by atoms with Gasteiger partial charge >= 0.3 is 0 Å². The van der Waals surface area contributed by atoms with Crippen molar-refractivity contribution in [3.8, 4) is 0 Å². The number of alkyl halides is 2. The third kappa shape index (κ3) is 0.674. The highest BCUT2D eigenvalue weighted by Gasteiger charge is 2.52. The summed E-state index contributed by atoms with van der Waals surface area (Å²) in [6.45, 7) is 0.525. The van der Waals surface area contributed by atoms with E-state index in [1.54, 1.807) is 0 Å². The lowest BCUT2D eigenvalue weighted by molar-refractivity contribution is -0.0451. The molecule has 1 aliphatic carbocycles. The molecule has 1 saturated heterocycles. The van der Waals surface area contributed by atoms with Gasteiger partial charge in [0.1, 0.15) is 0 Å². The Balaban J connectivity index is 2.18. The van der Waals surface area contributed by atoms with Crippen molar-refractivity contribution in [3.05, 3.63) is 0 Å². The molecule has 0 spiro atoms. The molecule has 0 aromatic rings. The van der Waals surface area contributed by atoms with E-state index in [9.17, 15) is 8.78 Å². The Bertz CT molecular complexity index is 135. The largest absolute Gasteiger partial charge is 0.313 e. The Morgan fingerprint density at radius 3 is 2.44 bits per heavy atom. The topological polar surface area (TPSA) is 12.0 Å². The van der Waals surface area contributed by atoms with Gasteiger partial charge in [0.25, 0.3) is 5.92 Å². The van der Waals surface area contributed by atoms with Gasteiger partial charge < -0.3 is 5.32 Å². The zero-order chi connectivity index (χ0) is 6.48. The standard InChI is InChI=1S/C6H9F2N/c7-6(8)2-5-1-4(6)3-9-5/h4-5,9H,1-3H2. The van der Waals surface area contributed by atoms with Crippen LogP contribution in [0.5, 0.6) is 0 Å². The molecule has 0 aromatic carbocycles. The molecule has 9 heavy (non-hydrogen) atoms. The molecule has 1 aliphatic heterocycles. The van der Waals surface area contributed by atoms with E-state index < -0.39 is 5.92 Å². The predicted molar refractivity (Wildman–Crippen MR) is 29.5 cm³/mol. The fourth-order valence-electron chi connectivity index (χ4n) is 1.79. The first-order valence-corrected chi connectivity index (χ1v) is 3.30. The maximum Gasteiger partial charge on any atom is 0.253 e. The summed E-state index contributed by atoms with van der Waals surface area (Å²) in [5, 5.41) is 3.03. The second kappa shape index (κ2) is 1.45. The molecule has 2 unspecified atom stereocenters. The zero-order valence-corrected chi connectivity index (χ0v) is 5.03. The van der Waals surface area contributed by atoms with E-state index in [0.29, 0.717) is 13.0 Å². The van der Waals surface area contributed by atoms with Crippen LogP contribution in [0.25, 0.3) is 0 Å². The third-order valence-electron chi connectivity index (χ3n) is 2.34. The van der Waals surface area contributed by atoms with Crippen LogP contribution in [0.2, 0.25) is 0 Å². The molecule has 2 fully saturated rings. The predicted octanol–water partition coefficient (Wildman–Crippen LogP) is 1.00. The van der Waals surface area contributed by atoms with E-state index in [1.807, 2.05) is 0 Å². The summed E-state index contributed by atoms with van der Waals surface area (Å²) in [7, 11) is 0. The highest BCUT2D eigenvalue weighted by Crippen LogP contribution is 2.43. The van der Waals surface area contributed by atoms with Gasteiger partial charge in [-0.2, -0.15) is 0 Å². The number of fused-ring (bicyclic) bond motifs is 2. The van der Waals surface area contributed by atoms with Crippen molar-refractivity contribution < 1.29 is 8.78 Å². The fraction of sp³-hybridized carbons (Fsp3) is 1.00. The van der Waals surface area contributed by atoms with Crippen LogP contribution < -0.4 is 5.32 Å². The van der Waals surface area contributed by atoms with E-state index in [-0.39, 0.29) is 18.4 Å². The first kappa shape index (κ1) is 5.59. The molecular weight excluding hydrogens is 124 g/mol. The first-order chi connectivity index (χ1) is 4.18. The summed E-state index contributed by atoms with van der Waals surface area (Å²) >= 11 is 0. The van der Waals surface area contributed by atoms with Crippen molar-refractivity contribution in [1.29, 1.82) is 0 Å². The summed E-state index contributed by atoms with van der Waals surface area (Å²) in [5.41, 5.74) is 0. The molecule has 1 nitrogen and oxygen atoms in total. The maximum atomic E-state index is 12.6. The molecule has 0 aromatic heterocycles. The van der Waals surface area contributed by atoms with E-state index >= 15 is 0 Å². The summed E-state index contributed by atoms with van der Waals surface area (Å²) in [5.74, 6) is -2.71. The average molecular weight is 133 g/mol. The third-order valence-corrected chi connectivity index (χ3v) is 2.34. The number of halogens is 2. The molecule has 1 saturated carbocycles. The smallest absolute Gasteiger partial charge is 0.253 e. The van der Waals surface area contributed by atoms with Crippen LogP contribution in [0.4, 0.5) is 8.78 Å². The molecule has 2 bridgehead atoms. The van der Waals surface area contributed by atoms with E-state index in [1.165, 1.54) is 0 Å². The van der Waals surface area contributed by atoms with E-state index in [2.05, 4.69) is 5.32 Å². The number of piperidine rings is 1. The first-order valence-electron chi connectivity index (χ1n) is 3.30. The maximum absolute atomic E-state index is 12.6.